The number of hydrogen-bond acceptors (Lipinski definition) is 3. The van der Waals surface area contributed by atoms with E-state index in [0.29, 0.717) is 11.1 Å². The van der Waals surface area contributed by atoms with Gasteiger partial charge in [0.2, 0.25) is 5.91 Å². The molecule has 3 amide bonds. The fraction of sp³-hybridized carbons (Fsp3) is 0.500. The number of nitrogens with zero attached hydrogens (tertiary/aromatic N) is 2. The minimum absolute atomic E-state index is 0.0449. The van der Waals surface area contributed by atoms with Crippen molar-refractivity contribution in [3.8, 4) is 0 Å². The van der Waals surface area contributed by atoms with Crippen LogP contribution in [0.15, 0.2) is 24.3 Å². The first kappa shape index (κ1) is 15.7. The summed E-state index contributed by atoms with van der Waals surface area (Å²) < 4.78 is 0. The molecule has 23 heavy (non-hydrogen) atoms. The molecule has 0 bridgehead atoms. The van der Waals surface area contributed by atoms with Crippen LogP contribution in [0, 0.1) is 0 Å². The fourth-order valence-electron chi connectivity index (χ4n) is 3.30. The molecule has 2 aliphatic heterocycles. The zero-order valence-electron chi connectivity index (χ0n) is 13.3. The molecule has 1 saturated heterocycles. The van der Waals surface area contributed by atoms with Gasteiger partial charge in [-0.1, -0.05) is 31.4 Å². The second-order valence-corrected chi connectivity index (χ2v) is 6.21. The van der Waals surface area contributed by atoms with Crippen LogP contribution in [-0.4, -0.2) is 47.2 Å². The van der Waals surface area contributed by atoms with Crippen molar-refractivity contribution >= 4 is 17.7 Å². The Morgan fingerprint density at radius 3 is 1.96 bits per heavy atom. The number of fused-ring (bicyclic) bond motifs is 1. The summed E-state index contributed by atoms with van der Waals surface area (Å²) in [5.74, 6) is -0.527. The number of rotatable bonds is 3. The maximum atomic E-state index is 12.4. The van der Waals surface area contributed by atoms with Gasteiger partial charge in [0.25, 0.3) is 11.8 Å². The van der Waals surface area contributed by atoms with Crippen molar-refractivity contribution in [1.82, 2.24) is 9.80 Å². The summed E-state index contributed by atoms with van der Waals surface area (Å²) in [4.78, 5) is 40.0. The number of likely N-dealkylation sites (tertiary alicyclic amines) is 1. The molecule has 122 valence electrons. The minimum Gasteiger partial charge on any atom is -0.343 e. The van der Waals surface area contributed by atoms with Crippen molar-refractivity contribution < 1.29 is 14.4 Å². The van der Waals surface area contributed by atoms with Gasteiger partial charge in [0, 0.05) is 26.1 Å². The van der Waals surface area contributed by atoms with Gasteiger partial charge >= 0.3 is 0 Å². The number of benzene rings is 1. The zero-order chi connectivity index (χ0) is 16.2. The van der Waals surface area contributed by atoms with Crippen LogP contribution in [0.4, 0.5) is 0 Å². The Morgan fingerprint density at radius 1 is 0.870 bits per heavy atom. The molecule has 0 N–H and O–H groups in total. The van der Waals surface area contributed by atoms with Crippen LogP contribution in [0.2, 0.25) is 0 Å². The highest BCUT2D eigenvalue weighted by molar-refractivity contribution is 6.21. The molecule has 0 unspecified atom stereocenters. The summed E-state index contributed by atoms with van der Waals surface area (Å²) in [5.41, 5.74) is 0.882. The van der Waals surface area contributed by atoms with Gasteiger partial charge in [-0.05, 0) is 25.0 Å². The topological polar surface area (TPSA) is 57.7 Å². The van der Waals surface area contributed by atoms with E-state index in [1.54, 1.807) is 24.3 Å². The normalized spacial score (nSPS) is 18.6. The van der Waals surface area contributed by atoms with Crippen LogP contribution in [0.1, 0.15) is 59.2 Å². The molecule has 3 rings (SSSR count). The highest BCUT2D eigenvalue weighted by Gasteiger charge is 2.35. The summed E-state index contributed by atoms with van der Waals surface area (Å²) in [6, 6.07) is 6.82. The standard InChI is InChI=1S/C18H22N2O3/c21-16(19-11-6-2-1-3-7-12-19)10-13-20-17(22)14-8-4-5-9-15(14)18(20)23/h4-5,8-9H,1-3,6-7,10-13H2. The van der Waals surface area contributed by atoms with E-state index in [9.17, 15) is 14.4 Å². The van der Waals surface area contributed by atoms with Crippen molar-refractivity contribution in [3.63, 3.8) is 0 Å². The molecule has 5 heteroatoms. The first-order valence-corrected chi connectivity index (χ1v) is 8.41. The Bertz CT molecular complexity index is 583. The molecule has 5 nitrogen and oxygen atoms in total. The lowest BCUT2D eigenvalue weighted by Crippen LogP contribution is -2.38. The SMILES string of the molecule is O=C(CCN1C(=O)c2ccccc2C1=O)N1CCCCCCC1. The Hall–Kier alpha value is -2.17. The molecule has 0 aromatic heterocycles. The van der Waals surface area contributed by atoms with E-state index in [0.717, 1.165) is 25.9 Å². The quantitative estimate of drug-likeness (QED) is 0.805. The van der Waals surface area contributed by atoms with Gasteiger partial charge in [-0.3, -0.25) is 19.3 Å². The highest BCUT2D eigenvalue weighted by atomic mass is 16.2. The van der Waals surface area contributed by atoms with Gasteiger partial charge in [-0.25, -0.2) is 0 Å². The van der Waals surface area contributed by atoms with Gasteiger partial charge < -0.3 is 4.90 Å². The largest absolute Gasteiger partial charge is 0.343 e. The van der Waals surface area contributed by atoms with Gasteiger partial charge in [-0.2, -0.15) is 0 Å². The Morgan fingerprint density at radius 2 is 1.39 bits per heavy atom. The molecular weight excluding hydrogens is 292 g/mol. The molecule has 0 aliphatic carbocycles. The summed E-state index contributed by atoms with van der Waals surface area (Å²) in [6.07, 6.45) is 5.88. The molecule has 0 saturated carbocycles. The average Bonchev–Trinajstić information content (AvgIpc) is 2.77. The third-order valence-electron chi connectivity index (χ3n) is 4.64. The minimum atomic E-state index is -0.286. The van der Waals surface area contributed by atoms with E-state index in [1.165, 1.54) is 24.2 Å². The molecule has 0 atom stereocenters. The first-order chi connectivity index (χ1) is 11.2. The second kappa shape index (κ2) is 6.94. The summed E-state index contributed by atoms with van der Waals surface area (Å²) in [6.45, 7) is 1.75. The van der Waals surface area contributed by atoms with Gasteiger partial charge in [-0.15, -0.1) is 0 Å². The van der Waals surface area contributed by atoms with E-state index in [4.69, 9.17) is 0 Å². The molecule has 0 radical (unpaired) electrons. The van der Waals surface area contributed by atoms with Gasteiger partial charge in [0.05, 0.1) is 11.1 Å². The third kappa shape index (κ3) is 3.28. The molecule has 1 fully saturated rings. The summed E-state index contributed by atoms with van der Waals surface area (Å²) >= 11 is 0. The Labute approximate surface area is 136 Å². The second-order valence-electron chi connectivity index (χ2n) is 6.21. The van der Waals surface area contributed by atoms with Crippen molar-refractivity contribution in [3.05, 3.63) is 35.4 Å². The maximum absolute atomic E-state index is 12.4. The van der Waals surface area contributed by atoms with Crippen molar-refractivity contribution in [2.75, 3.05) is 19.6 Å². The lowest BCUT2D eigenvalue weighted by molar-refractivity contribution is -0.131. The fourth-order valence-corrected chi connectivity index (χ4v) is 3.30. The van der Waals surface area contributed by atoms with E-state index >= 15 is 0 Å². The number of carbonyl (C=O) groups excluding carboxylic acids is 3. The lowest BCUT2D eigenvalue weighted by Gasteiger charge is -2.25. The van der Waals surface area contributed by atoms with Crippen LogP contribution in [0.3, 0.4) is 0 Å². The number of imide groups is 1. The van der Waals surface area contributed by atoms with Crippen molar-refractivity contribution in [1.29, 1.82) is 0 Å². The predicted molar refractivity (Wildman–Crippen MR) is 86.1 cm³/mol. The molecule has 2 aliphatic rings. The number of amides is 3. The first-order valence-electron chi connectivity index (χ1n) is 8.41. The molecule has 0 spiro atoms. The van der Waals surface area contributed by atoms with Crippen LogP contribution in [0.5, 0.6) is 0 Å². The predicted octanol–water partition coefficient (Wildman–Crippen LogP) is 2.47. The highest BCUT2D eigenvalue weighted by Crippen LogP contribution is 2.22. The van der Waals surface area contributed by atoms with E-state index in [-0.39, 0.29) is 30.7 Å². The molecular formula is C18H22N2O3. The Balaban J connectivity index is 1.59. The van der Waals surface area contributed by atoms with Crippen LogP contribution >= 0.6 is 0 Å². The smallest absolute Gasteiger partial charge is 0.261 e. The Kier molecular flexibility index (Phi) is 4.74. The van der Waals surface area contributed by atoms with E-state index in [2.05, 4.69) is 0 Å². The monoisotopic (exact) mass is 314 g/mol. The molecule has 2 heterocycles. The van der Waals surface area contributed by atoms with Crippen LogP contribution in [0.25, 0.3) is 0 Å². The van der Waals surface area contributed by atoms with Crippen LogP contribution < -0.4 is 0 Å². The zero-order valence-corrected chi connectivity index (χ0v) is 13.3. The maximum Gasteiger partial charge on any atom is 0.261 e. The van der Waals surface area contributed by atoms with Gasteiger partial charge in [0.1, 0.15) is 0 Å². The lowest BCUT2D eigenvalue weighted by atomic mass is 10.1. The van der Waals surface area contributed by atoms with E-state index in [1.807, 2.05) is 4.90 Å². The summed E-state index contributed by atoms with van der Waals surface area (Å²) in [5, 5.41) is 0. The number of carbonyl (C=O) groups is 3. The third-order valence-corrected chi connectivity index (χ3v) is 4.64. The van der Waals surface area contributed by atoms with Crippen LogP contribution in [-0.2, 0) is 4.79 Å². The van der Waals surface area contributed by atoms with Crippen molar-refractivity contribution in [2.24, 2.45) is 0 Å². The number of hydrogen-bond donors (Lipinski definition) is 0. The van der Waals surface area contributed by atoms with Crippen molar-refractivity contribution in [2.45, 2.75) is 38.5 Å². The molecule has 1 aromatic carbocycles. The van der Waals surface area contributed by atoms with Gasteiger partial charge in [0.15, 0.2) is 0 Å². The summed E-state index contributed by atoms with van der Waals surface area (Å²) in [7, 11) is 0. The molecule has 1 aromatic rings. The average molecular weight is 314 g/mol. The van der Waals surface area contributed by atoms with E-state index < -0.39 is 0 Å².